The summed E-state index contributed by atoms with van der Waals surface area (Å²) in [6.07, 6.45) is 1.82. The fraction of sp³-hybridized carbons (Fsp3) is 0. The Balaban J connectivity index is 2.19. The van der Waals surface area contributed by atoms with Crippen LogP contribution in [-0.4, -0.2) is 9.97 Å². The van der Waals surface area contributed by atoms with E-state index in [9.17, 15) is 0 Å². The van der Waals surface area contributed by atoms with E-state index in [-0.39, 0.29) is 0 Å². The number of aromatic nitrogens is 2. The van der Waals surface area contributed by atoms with Crippen molar-refractivity contribution in [2.75, 3.05) is 5.73 Å². The van der Waals surface area contributed by atoms with Crippen molar-refractivity contribution in [2.24, 2.45) is 0 Å². The predicted molar refractivity (Wildman–Crippen MR) is 69.4 cm³/mol. The molecular formula is C14H11N3. The van der Waals surface area contributed by atoms with Crippen LogP contribution in [0.25, 0.3) is 22.3 Å². The molecule has 0 aliphatic rings. The van der Waals surface area contributed by atoms with Gasteiger partial charge in [-0.3, -0.25) is 0 Å². The lowest BCUT2D eigenvalue weighted by Crippen LogP contribution is -1.91. The Kier molecular flexibility index (Phi) is 2.22. The van der Waals surface area contributed by atoms with Crippen LogP contribution in [-0.2, 0) is 0 Å². The summed E-state index contributed by atoms with van der Waals surface area (Å²) in [6, 6.07) is 15.6. The minimum atomic E-state index is 0.718. The molecule has 1 aromatic heterocycles. The molecule has 2 N–H and O–H groups in total. The van der Waals surface area contributed by atoms with E-state index in [0.29, 0.717) is 0 Å². The van der Waals surface area contributed by atoms with Gasteiger partial charge in [-0.2, -0.15) is 0 Å². The molecule has 0 spiro atoms. The standard InChI is InChI=1S/C14H11N3/c15-12-7-6-11-9-16-14(17-13(11)8-12)10-4-2-1-3-5-10/h1-9H,15H2. The van der Waals surface area contributed by atoms with Crippen LogP contribution >= 0.6 is 0 Å². The maximum Gasteiger partial charge on any atom is 0.159 e. The van der Waals surface area contributed by atoms with E-state index in [1.165, 1.54) is 0 Å². The maximum absolute atomic E-state index is 5.75. The topological polar surface area (TPSA) is 51.8 Å². The Labute approximate surface area is 98.9 Å². The third kappa shape index (κ3) is 1.83. The lowest BCUT2D eigenvalue weighted by atomic mass is 10.2. The van der Waals surface area contributed by atoms with Gasteiger partial charge in [0.2, 0.25) is 0 Å². The van der Waals surface area contributed by atoms with Crippen LogP contribution in [0.4, 0.5) is 5.69 Å². The molecule has 0 saturated heterocycles. The van der Waals surface area contributed by atoms with E-state index in [2.05, 4.69) is 9.97 Å². The number of nitrogen functional groups attached to an aromatic ring is 1. The molecule has 1 heterocycles. The number of anilines is 1. The highest BCUT2D eigenvalue weighted by atomic mass is 14.9. The van der Waals surface area contributed by atoms with Crippen LogP contribution in [0, 0.1) is 0 Å². The van der Waals surface area contributed by atoms with Crippen LogP contribution in [0.5, 0.6) is 0 Å². The third-order valence-electron chi connectivity index (χ3n) is 2.64. The van der Waals surface area contributed by atoms with Gasteiger partial charge in [0.05, 0.1) is 5.52 Å². The molecule has 0 fully saturated rings. The molecule has 3 heteroatoms. The molecule has 2 aromatic carbocycles. The average molecular weight is 221 g/mol. The molecule has 0 amide bonds. The Morgan fingerprint density at radius 3 is 2.59 bits per heavy atom. The van der Waals surface area contributed by atoms with Gasteiger partial charge >= 0.3 is 0 Å². The van der Waals surface area contributed by atoms with Gasteiger partial charge in [-0.05, 0) is 18.2 Å². The molecule has 3 nitrogen and oxygen atoms in total. The van der Waals surface area contributed by atoms with Crippen LogP contribution in [0.3, 0.4) is 0 Å². The molecule has 0 radical (unpaired) electrons. The van der Waals surface area contributed by atoms with Crippen molar-refractivity contribution < 1.29 is 0 Å². The van der Waals surface area contributed by atoms with Crippen molar-refractivity contribution in [1.82, 2.24) is 9.97 Å². The van der Waals surface area contributed by atoms with E-state index in [1.807, 2.05) is 54.7 Å². The first-order valence-corrected chi connectivity index (χ1v) is 5.41. The van der Waals surface area contributed by atoms with Crippen LogP contribution < -0.4 is 5.73 Å². The summed E-state index contributed by atoms with van der Waals surface area (Å²) >= 11 is 0. The van der Waals surface area contributed by atoms with Crippen LogP contribution in [0.15, 0.2) is 54.7 Å². The number of nitrogens with zero attached hydrogens (tertiary/aromatic N) is 2. The van der Waals surface area contributed by atoms with Gasteiger partial charge in [-0.25, -0.2) is 9.97 Å². The summed E-state index contributed by atoms with van der Waals surface area (Å²) in [4.78, 5) is 8.87. The summed E-state index contributed by atoms with van der Waals surface area (Å²) in [6.45, 7) is 0. The molecule has 0 aliphatic carbocycles. The van der Waals surface area contributed by atoms with Crippen LogP contribution in [0.1, 0.15) is 0 Å². The fourth-order valence-corrected chi connectivity index (χ4v) is 1.77. The first-order valence-electron chi connectivity index (χ1n) is 5.41. The molecule has 3 aromatic rings. The fourth-order valence-electron chi connectivity index (χ4n) is 1.77. The van der Waals surface area contributed by atoms with E-state index in [4.69, 9.17) is 5.73 Å². The zero-order valence-corrected chi connectivity index (χ0v) is 9.17. The molecular weight excluding hydrogens is 210 g/mol. The number of nitrogens with two attached hydrogens (primary N) is 1. The zero-order chi connectivity index (χ0) is 11.7. The highest BCUT2D eigenvalue weighted by Gasteiger charge is 2.02. The minimum Gasteiger partial charge on any atom is -0.399 e. The third-order valence-corrected chi connectivity index (χ3v) is 2.64. The number of benzene rings is 2. The lowest BCUT2D eigenvalue weighted by molar-refractivity contribution is 1.23. The molecule has 0 unspecified atom stereocenters. The van der Waals surface area contributed by atoms with Gasteiger partial charge in [0.25, 0.3) is 0 Å². The zero-order valence-electron chi connectivity index (χ0n) is 9.17. The van der Waals surface area contributed by atoms with E-state index in [1.54, 1.807) is 0 Å². The Morgan fingerprint density at radius 1 is 0.941 bits per heavy atom. The highest BCUT2D eigenvalue weighted by Crippen LogP contribution is 2.19. The van der Waals surface area contributed by atoms with Gasteiger partial charge < -0.3 is 5.73 Å². The highest BCUT2D eigenvalue weighted by molar-refractivity contribution is 5.82. The Hall–Kier alpha value is -2.42. The maximum atomic E-state index is 5.75. The van der Waals surface area contributed by atoms with Crippen molar-refractivity contribution in [3.05, 3.63) is 54.7 Å². The smallest absolute Gasteiger partial charge is 0.159 e. The quantitative estimate of drug-likeness (QED) is 0.643. The van der Waals surface area contributed by atoms with Crippen molar-refractivity contribution in [3.63, 3.8) is 0 Å². The summed E-state index contributed by atoms with van der Waals surface area (Å²) in [5.41, 5.74) is 8.35. The molecule has 17 heavy (non-hydrogen) atoms. The summed E-state index contributed by atoms with van der Waals surface area (Å²) < 4.78 is 0. The van der Waals surface area contributed by atoms with E-state index < -0.39 is 0 Å². The molecule has 0 saturated carbocycles. The second-order valence-corrected chi connectivity index (χ2v) is 3.88. The molecule has 82 valence electrons. The molecule has 0 bridgehead atoms. The second-order valence-electron chi connectivity index (χ2n) is 3.88. The molecule has 0 atom stereocenters. The van der Waals surface area contributed by atoms with Crippen molar-refractivity contribution in [2.45, 2.75) is 0 Å². The number of hydrogen-bond acceptors (Lipinski definition) is 3. The minimum absolute atomic E-state index is 0.718. The van der Waals surface area contributed by atoms with Crippen LogP contribution in [0.2, 0.25) is 0 Å². The van der Waals surface area contributed by atoms with Gasteiger partial charge in [0.1, 0.15) is 0 Å². The summed E-state index contributed by atoms with van der Waals surface area (Å²) in [7, 11) is 0. The predicted octanol–water partition coefficient (Wildman–Crippen LogP) is 2.88. The van der Waals surface area contributed by atoms with Crippen molar-refractivity contribution in [1.29, 1.82) is 0 Å². The Bertz CT molecular complexity index is 663. The summed E-state index contributed by atoms with van der Waals surface area (Å²) in [5.74, 6) is 0.726. The number of hydrogen-bond donors (Lipinski definition) is 1. The SMILES string of the molecule is Nc1ccc2cnc(-c3ccccc3)nc2c1. The van der Waals surface area contributed by atoms with Crippen molar-refractivity contribution >= 4 is 16.6 Å². The van der Waals surface area contributed by atoms with Gasteiger partial charge in [0.15, 0.2) is 5.82 Å². The Morgan fingerprint density at radius 2 is 1.76 bits per heavy atom. The average Bonchev–Trinajstić information content (AvgIpc) is 2.39. The number of rotatable bonds is 1. The normalized spacial score (nSPS) is 10.6. The second kappa shape index (κ2) is 3.87. The van der Waals surface area contributed by atoms with Gasteiger partial charge in [0, 0.05) is 22.8 Å². The summed E-state index contributed by atoms with van der Waals surface area (Å²) in [5, 5.41) is 0.999. The molecule has 0 aliphatic heterocycles. The monoisotopic (exact) mass is 221 g/mol. The van der Waals surface area contributed by atoms with Gasteiger partial charge in [-0.15, -0.1) is 0 Å². The first kappa shape index (κ1) is 9.78. The van der Waals surface area contributed by atoms with E-state index in [0.717, 1.165) is 28.0 Å². The van der Waals surface area contributed by atoms with Crippen molar-refractivity contribution in [3.8, 4) is 11.4 Å². The first-order chi connectivity index (χ1) is 8.33. The molecule has 3 rings (SSSR count). The largest absolute Gasteiger partial charge is 0.399 e. The van der Waals surface area contributed by atoms with Gasteiger partial charge in [-0.1, -0.05) is 30.3 Å². The number of fused-ring (bicyclic) bond motifs is 1. The lowest BCUT2D eigenvalue weighted by Gasteiger charge is -2.02. The van der Waals surface area contributed by atoms with E-state index >= 15 is 0 Å².